The fraction of sp³-hybridized carbons (Fsp3) is 0.600. The van der Waals surface area contributed by atoms with Gasteiger partial charge < -0.3 is 15.4 Å². The van der Waals surface area contributed by atoms with Crippen LogP contribution in [0.5, 0.6) is 5.75 Å². The molecule has 3 nitrogen and oxygen atoms in total. The molecule has 0 saturated carbocycles. The number of aryl methyl sites for hydroxylation is 1. The number of nitrogens with two attached hydrogens (primary N) is 1. The van der Waals surface area contributed by atoms with Crippen LogP contribution in [0.15, 0.2) is 18.2 Å². The normalized spacial score (nSPS) is 20.9. The van der Waals surface area contributed by atoms with Crippen molar-refractivity contribution in [3.05, 3.63) is 29.3 Å². The maximum Gasteiger partial charge on any atom is 0.124 e. The van der Waals surface area contributed by atoms with Crippen molar-refractivity contribution in [1.29, 1.82) is 0 Å². The maximum atomic E-state index is 6.00. The number of rotatable bonds is 4. The molecule has 1 aromatic carbocycles. The Labute approximate surface area is 110 Å². The molecule has 3 heteroatoms. The summed E-state index contributed by atoms with van der Waals surface area (Å²) in [7, 11) is 2.19. The summed E-state index contributed by atoms with van der Waals surface area (Å²) in [6.07, 6.45) is 3.86. The number of benzene rings is 1. The summed E-state index contributed by atoms with van der Waals surface area (Å²) in [6.45, 7) is 4.58. The molecule has 1 saturated heterocycles. The van der Waals surface area contributed by atoms with Gasteiger partial charge in [-0.15, -0.1) is 0 Å². The van der Waals surface area contributed by atoms with Crippen molar-refractivity contribution in [3.63, 3.8) is 0 Å². The van der Waals surface area contributed by atoms with E-state index < -0.39 is 0 Å². The standard InChI is InChI=1S/C15H24N2O/c1-12-6-7-13(10-16)15(9-12)18-11-14-5-3-4-8-17(14)2/h6-7,9,14H,3-5,8,10-11,16H2,1-2H3. The zero-order chi connectivity index (χ0) is 13.0. The molecule has 100 valence electrons. The molecule has 1 unspecified atom stereocenters. The topological polar surface area (TPSA) is 38.5 Å². The Morgan fingerprint density at radius 3 is 2.94 bits per heavy atom. The van der Waals surface area contributed by atoms with Crippen molar-refractivity contribution in [3.8, 4) is 5.75 Å². The highest BCUT2D eigenvalue weighted by molar-refractivity contribution is 5.37. The number of likely N-dealkylation sites (N-methyl/N-ethyl adjacent to an activating group) is 1. The van der Waals surface area contributed by atoms with Gasteiger partial charge in [-0.2, -0.15) is 0 Å². The van der Waals surface area contributed by atoms with Gasteiger partial charge in [-0.25, -0.2) is 0 Å². The van der Waals surface area contributed by atoms with Crippen LogP contribution in [0, 0.1) is 6.92 Å². The van der Waals surface area contributed by atoms with Gasteiger partial charge >= 0.3 is 0 Å². The summed E-state index contributed by atoms with van der Waals surface area (Å²) in [4.78, 5) is 2.40. The summed E-state index contributed by atoms with van der Waals surface area (Å²) in [6, 6.07) is 6.78. The fourth-order valence-corrected chi connectivity index (χ4v) is 2.51. The van der Waals surface area contributed by atoms with Gasteiger partial charge in [0.15, 0.2) is 0 Å². The molecule has 0 radical (unpaired) electrons. The second kappa shape index (κ2) is 6.21. The lowest BCUT2D eigenvalue weighted by molar-refractivity contribution is 0.124. The molecule has 1 aromatic rings. The predicted molar refractivity (Wildman–Crippen MR) is 74.8 cm³/mol. The van der Waals surface area contributed by atoms with Crippen LogP contribution in [0.2, 0.25) is 0 Å². The molecule has 1 aliphatic heterocycles. The molecule has 1 aliphatic rings. The van der Waals surface area contributed by atoms with Crippen LogP contribution in [0.25, 0.3) is 0 Å². The van der Waals surface area contributed by atoms with Gasteiger partial charge in [0.05, 0.1) is 0 Å². The number of piperidine rings is 1. The third-order valence-electron chi connectivity index (χ3n) is 3.80. The minimum Gasteiger partial charge on any atom is -0.492 e. The molecule has 1 atom stereocenters. The van der Waals surface area contributed by atoms with Gasteiger partial charge in [0.1, 0.15) is 12.4 Å². The third kappa shape index (κ3) is 3.24. The molecule has 0 spiro atoms. The highest BCUT2D eigenvalue weighted by Gasteiger charge is 2.19. The molecule has 0 bridgehead atoms. The van der Waals surface area contributed by atoms with E-state index in [0.29, 0.717) is 12.6 Å². The Kier molecular flexibility index (Phi) is 4.61. The zero-order valence-electron chi connectivity index (χ0n) is 11.5. The van der Waals surface area contributed by atoms with Gasteiger partial charge in [-0.1, -0.05) is 18.6 Å². The predicted octanol–water partition coefficient (Wildman–Crippen LogP) is 2.32. The Morgan fingerprint density at radius 2 is 2.22 bits per heavy atom. The lowest BCUT2D eigenvalue weighted by Gasteiger charge is -2.32. The van der Waals surface area contributed by atoms with Gasteiger partial charge in [0.2, 0.25) is 0 Å². The van der Waals surface area contributed by atoms with E-state index >= 15 is 0 Å². The van der Waals surface area contributed by atoms with E-state index in [4.69, 9.17) is 10.5 Å². The average Bonchev–Trinajstić information content (AvgIpc) is 2.38. The summed E-state index contributed by atoms with van der Waals surface area (Å²) in [5.41, 5.74) is 8.06. The minimum atomic E-state index is 0.538. The molecule has 1 fully saturated rings. The van der Waals surface area contributed by atoms with E-state index in [2.05, 4.69) is 37.1 Å². The van der Waals surface area contributed by atoms with Gasteiger partial charge in [-0.05, 0) is 45.0 Å². The fourth-order valence-electron chi connectivity index (χ4n) is 2.51. The molecule has 1 heterocycles. The van der Waals surface area contributed by atoms with Crippen molar-refractivity contribution in [2.24, 2.45) is 5.73 Å². The summed E-state index contributed by atoms with van der Waals surface area (Å²) < 4.78 is 6.00. The van der Waals surface area contributed by atoms with Crippen LogP contribution in [0.3, 0.4) is 0 Å². The number of likely N-dealkylation sites (tertiary alicyclic amines) is 1. The molecule has 0 aromatic heterocycles. The van der Waals surface area contributed by atoms with E-state index in [1.807, 2.05) is 0 Å². The molecule has 0 amide bonds. The zero-order valence-corrected chi connectivity index (χ0v) is 11.5. The number of hydrogen-bond acceptors (Lipinski definition) is 3. The van der Waals surface area contributed by atoms with E-state index in [0.717, 1.165) is 17.9 Å². The van der Waals surface area contributed by atoms with Crippen LogP contribution in [0.1, 0.15) is 30.4 Å². The molecular weight excluding hydrogens is 224 g/mol. The monoisotopic (exact) mass is 248 g/mol. The number of ether oxygens (including phenoxy) is 1. The number of nitrogens with zero attached hydrogens (tertiary/aromatic N) is 1. The van der Waals surface area contributed by atoms with Crippen LogP contribution < -0.4 is 10.5 Å². The van der Waals surface area contributed by atoms with E-state index in [-0.39, 0.29) is 0 Å². The van der Waals surface area contributed by atoms with E-state index in [1.165, 1.54) is 31.4 Å². The first-order chi connectivity index (χ1) is 8.70. The maximum absolute atomic E-state index is 6.00. The smallest absolute Gasteiger partial charge is 0.124 e. The number of hydrogen-bond donors (Lipinski definition) is 1. The van der Waals surface area contributed by atoms with Crippen LogP contribution in [-0.2, 0) is 6.54 Å². The van der Waals surface area contributed by atoms with Gasteiger partial charge in [0, 0.05) is 18.2 Å². The first-order valence-electron chi connectivity index (χ1n) is 6.83. The molecule has 2 N–H and O–H groups in total. The first kappa shape index (κ1) is 13.4. The molecule has 0 aliphatic carbocycles. The summed E-state index contributed by atoms with van der Waals surface area (Å²) in [5, 5.41) is 0. The largest absolute Gasteiger partial charge is 0.492 e. The molecule has 2 rings (SSSR count). The first-order valence-corrected chi connectivity index (χ1v) is 6.83. The molecule has 18 heavy (non-hydrogen) atoms. The highest BCUT2D eigenvalue weighted by Crippen LogP contribution is 2.22. The Hall–Kier alpha value is -1.06. The Bertz CT molecular complexity index is 392. The van der Waals surface area contributed by atoms with Crippen molar-refractivity contribution in [2.45, 2.75) is 38.8 Å². The van der Waals surface area contributed by atoms with E-state index in [1.54, 1.807) is 0 Å². The Morgan fingerprint density at radius 1 is 1.39 bits per heavy atom. The van der Waals surface area contributed by atoms with Crippen LogP contribution in [0.4, 0.5) is 0 Å². The average molecular weight is 248 g/mol. The molecular formula is C15H24N2O. The third-order valence-corrected chi connectivity index (χ3v) is 3.80. The highest BCUT2D eigenvalue weighted by atomic mass is 16.5. The van der Waals surface area contributed by atoms with Gasteiger partial charge in [-0.3, -0.25) is 0 Å². The van der Waals surface area contributed by atoms with Gasteiger partial charge in [0.25, 0.3) is 0 Å². The lowest BCUT2D eigenvalue weighted by Crippen LogP contribution is -2.40. The van der Waals surface area contributed by atoms with Crippen LogP contribution >= 0.6 is 0 Å². The summed E-state index contributed by atoms with van der Waals surface area (Å²) in [5.74, 6) is 0.955. The quantitative estimate of drug-likeness (QED) is 0.888. The summed E-state index contributed by atoms with van der Waals surface area (Å²) >= 11 is 0. The second-order valence-electron chi connectivity index (χ2n) is 5.26. The van der Waals surface area contributed by atoms with Crippen molar-refractivity contribution < 1.29 is 4.74 Å². The second-order valence-corrected chi connectivity index (χ2v) is 5.26. The SMILES string of the molecule is Cc1ccc(CN)c(OCC2CCCCN2C)c1. The Balaban J connectivity index is 1.98. The lowest BCUT2D eigenvalue weighted by atomic mass is 10.0. The van der Waals surface area contributed by atoms with E-state index in [9.17, 15) is 0 Å². The van der Waals surface area contributed by atoms with Crippen molar-refractivity contribution >= 4 is 0 Å². The van der Waals surface area contributed by atoms with Crippen LogP contribution in [-0.4, -0.2) is 31.1 Å². The van der Waals surface area contributed by atoms with Crippen molar-refractivity contribution in [1.82, 2.24) is 4.90 Å². The van der Waals surface area contributed by atoms with Crippen molar-refractivity contribution in [2.75, 3.05) is 20.2 Å². The minimum absolute atomic E-state index is 0.538.